The molecule has 5 nitrogen and oxygen atoms in total. The first-order valence-corrected chi connectivity index (χ1v) is 6.99. The van der Waals surface area contributed by atoms with E-state index in [1.165, 1.54) is 0 Å². The minimum atomic E-state index is -4.89. The summed E-state index contributed by atoms with van der Waals surface area (Å²) in [5, 5.41) is 21.7. The molecule has 23 heavy (non-hydrogen) atoms. The van der Waals surface area contributed by atoms with E-state index >= 15 is 0 Å². The van der Waals surface area contributed by atoms with Crippen molar-refractivity contribution in [1.29, 1.82) is 0 Å². The van der Waals surface area contributed by atoms with Crippen LogP contribution in [0.2, 0.25) is 0 Å². The molecule has 0 aliphatic carbocycles. The molecule has 0 saturated carbocycles. The Labute approximate surface area is 143 Å². The van der Waals surface area contributed by atoms with Crippen LogP contribution in [0.4, 0.5) is 23.7 Å². The Morgan fingerprint density at radius 2 is 1.91 bits per heavy atom. The minimum absolute atomic E-state index is 0.325. The maximum absolute atomic E-state index is 13.3. The number of carbonyl (C=O) groups is 1. The Morgan fingerprint density at radius 1 is 1.35 bits per heavy atom. The summed E-state index contributed by atoms with van der Waals surface area (Å²) in [5.41, 5.74) is -2.67. The van der Waals surface area contributed by atoms with Crippen LogP contribution in [0.3, 0.4) is 0 Å². The quantitative estimate of drug-likeness (QED) is 0.768. The van der Waals surface area contributed by atoms with Crippen LogP contribution in [0, 0.1) is 0 Å². The van der Waals surface area contributed by atoms with Gasteiger partial charge in [0.25, 0.3) is 0 Å². The number of nitrogens with one attached hydrogen (secondary N) is 1. The molecule has 0 aliphatic heterocycles. The number of halogens is 6. The molecular weight excluding hydrogens is 385 g/mol. The zero-order valence-corrected chi connectivity index (χ0v) is 13.7. The highest BCUT2D eigenvalue weighted by Gasteiger charge is 2.38. The summed E-state index contributed by atoms with van der Waals surface area (Å²) in [5.74, 6) is -0.325. The molecule has 0 spiro atoms. The number of ether oxygens (including phenoxy) is 1. The van der Waals surface area contributed by atoms with E-state index in [1.807, 2.05) is 0 Å². The van der Waals surface area contributed by atoms with Crippen LogP contribution in [0.1, 0.15) is 16.7 Å². The van der Waals surface area contributed by atoms with Gasteiger partial charge < -0.3 is 25.1 Å². The molecule has 1 aromatic rings. The van der Waals surface area contributed by atoms with Crippen molar-refractivity contribution >= 4 is 46.6 Å². The van der Waals surface area contributed by atoms with Gasteiger partial charge in [-0.2, -0.15) is 13.2 Å². The molecule has 1 rings (SSSR count). The third kappa shape index (κ3) is 5.20. The largest absolute Gasteiger partial charge is 0.530 e. The first-order valence-electron chi connectivity index (χ1n) is 5.86. The average molecular weight is 396 g/mol. The summed E-state index contributed by atoms with van der Waals surface area (Å²) in [6, 6.07) is 0.486. The second kappa shape index (κ2) is 7.21. The number of methoxy groups -OCH3 is 1. The summed E-state index contributed by atoms with van der Waals surface area (Å²) in [4.78, 5) is 10.6. The zero-order chi connectivity index (χ0) is 18.0. The molecule has 0 bridgehead atoms. The fourth-order valence-corrected chi connectivity index (χ4v) is 2.42. The Balaban J connectivity index is 3.73. The van der Waals surface area contributed by atoms with Crippen molar-refractivity contribution in [2.45, 2.75) is 23.0 Å². The van der Waals surface area contributed by atoms with Gasteiger partial charge in [-0.1, -0.05) is 34.8 Å². The molecule has 0 aromatic heterocycles. The average Bonchev–Trinajstić information content (AvgIpc) is 2.35. The standard InChI is InChI=1S/C12H11Cl3F3NO4/c1-23-9-6(4-20)5(3-11(13,14)15)7(12(16,17)18)2-8(9)19-10(21)22/h2,19-20H,3-4H2,1H3,(H,21,22)/p-1. The number of anilines is 1. The molecular formula is C12H10Cl3F3NO4-. The number of rotatable bonds is 4. The number of aliphatic hydroxyl groups is 1. The number of alkyl halides is 6. The lowest BCUT2D eigenvalue weighted by Crippen LogP contribution is -2.29. The number of aliphatic hydroxyl groups excluding tert-OH is 1. The Kier molecular flexibility index (Phi) is 6.25. The van der Waals surface area contributed by atoms with Crippen molar-refractivity contribution in [3.63, 3.8) is 0 Å². The highest BCUT2D eigenvalue weighted by atomic mass is 35.6. The fourth-order valence-electron chi connectivity index (χ4n) is 2.02. The third-order valence-corrected chi connectivity index (χ3v) is 3.18. The molecule has 0 aliphatic rings. The second-order valence-electron chi connectivity index (χ2n) is 4.32. The van der Waals surface area contributed by atoms with Crippen molar-refractivity contribution in [3.05, 3.63) is 22.8 Å². The van der Waals surface area contributed by atoms with E-state index < -0.39 is 45.9 Å². The summed E-state index contributed by atoms with van der Waals surface area (Å²) in [7, 11) is 1.08. The van der Waals surface area contributed by atoms with Gasteiger partial charge >= 0.3 is 6.18 Å². The van der Waals surface area contributed by atoms with Crippen molar-refractivity contribution < 1.29 is 32.9 Å². The van der Waals surface area contributed by atoms with Crippen molar-refractivity contribution in [2.75, 3.05) is 12.4 Å². The van der Waals surface area contributed by atoms with Crippen molar-refractivity contribution in [3.8, 4) is 5.75 Å². The van der Waals surface area contributed by atoms with E-state index in [-0.39, 0.29) is 11.3 Å². The van der Waals surface area contributed by atoms with Crippen LogP contribution in [0.5, 0.6) is 5.75 Å². The SMILES string of the molecule is COc1c(NC(=O)[O-])cc(C(F)(F)F)c(CC(Cl)(Cl)Cl)c1CO. The van der Waals surface area contributed by atoms with E-state index in [0.29, 0.717) is 6.07 Å². The molecule has 0 heterocycles. The molecule has 11 heteroatoms. The highest BCUT2D eigenvalue weighted by molar-refractivity contribution is 6.67. The molecule has 1 amide bonds. The molecule has 0 saturated heterocycles. The lowest BCUT2D eigenvalue weighted by atomic mass is 9.96. The van der Waals surface area contributed by atoms with Gasteiger partial charge in [-0.3, -0.25) is 0 Å². The monoisotopic (exact) mass is 394 g/mol. The van der Waals surface area contributed by atoms with Gasteiger partial charge in [0.1, 0.15) is 11.8 Å². The summed E-state index contributed by atoms with van der Waals surface area (Å²) < 4.78 is 42.6. The van der Waals surface area contributed by atoms with Crippen LogP contribution in [-0.2, 0) is 19.2 Å². The van der Waals surface area contributed by atoms with Crippen molar-refractivity contribution in [2.24, 2.45) is 0 Å². The first-order chi connectivity index (χ1) is 10.4. The van der Waals surface area contributed by atoms with Gasteiger partial charge in [-0.15, -0.1) is 0 Å². The number of hydrogen-bond donors (Lipinski definition) is 2. The summed E-state index contributed by atoms with van der Waals surface area (Å²) >= 11 is 16.7. The first kappa shape index (κ1) is 20.0. The number of hydrogen-bond acceptors (Lipinski definition) is 4. The van der Waals surface area contributed by atoms with Gasteiger partial charge in [0.15, 0.2) is 3.79 Å². The van der Waals surface area contributed by atoms with Crippen LogP contribution in [-0.4, -0.2) is 22.1 Å². The number of amides is 1. The highest BCUT2D eigenvalue weighted by Crippen LogP contribution is 2.44. The number of carbonyl (C=O) groups excluding carboxylic acids is 1. The zero-order valence-electron chi connectivity index (χ0n) is 11.4. The molecule has 0 unspecified atom stereocenters. The molecule has 0 atom stereocenters. The fraction of sp³-hybridized carbons (Fsp3) is 0.417. The summed E-state index contributed by atoms with van der Waals surface area (Å²) in [6.45, 7) is -0.898. The second-order valence-corrected chi connectivity index (χ2v) is 6.84. The molecule has 2 N–H and O–H groups in total. The van der Waals surface area contributed by atoms with Gasteiger partial charge in [-0.05, 0) is 11.6 Å². The number of carboxylic acid groups (broad SMARTS) is 1. The van der Waals surface area contributed by atoms with E-state index in [9.17, 15) is 28.2 Å². The normalized spacial score (nSPS) is 12.2. The molecule has 0 fully saturated rings. The van der Waals surface area contributed by atoms with Crippen LogP contribution < -0.4 is 15.2 Å². The Hall–Kier alpha value is -1.09. The molecule has 1 aromatic carbocycles. The lowest BCUT2D eigenvalue weighted by Gasteiger charge is -2.24. The van der Waals surface area contributed by atoms with E-state index in [2.05, 4.69) is 0 Å². The van der Waals surface area contributed by atoms with Gasteiger partial charge in [-0.25, -0.2) is 0 Å². The van der Waals surface area contributed by atoms with Gasteiger partial charge in [0, 0.05) is 12.0 Å². The van der Waals surface area contributed by atoms with Crippen LogP contribution >= 0.6 is 34.8 Å². The Morgan fingerprint density at radius 3 is 2.26 bits per heavy atom. The van der Waals surface area contributed by atoms with E-state index in [0.717, 1.165) is 7.11 Å². The maximum atomic E-state index is 13.3. The topological polar surface area (TPSA) is 81.6 Å². The van der Waals surface area contributed by atoms with Crippen LogP contribution in [0.25, 0.3) is 0 Å². The Bertz CT molecular complexity index is 603. The maximum Gasteiger partial charge on any atom is 0.416 e. The van der Waals surface area contributed by atoms with E-state index in [1.54, 1.807) is 5.32 Å². The third-order valence-electron chi connectivity index (χ3n) is 2.78. The van der Waals surface area contributed by atoms with Crippen molar-refractivity contribution in [1.82, 2.24) is 0 Å². The predicted molar refractivity (Wildman–Crippen MR) is 76.9 cm³/mol. The number of benzene rings is 1. The van der Waals surface area contributed by atoms with Gasteiger partial charge in [0.05, 0.1) is 25.0 Å². The van der Waals surface area contributed by atoms with E-state index in [4.69, 9.17) is 39.5 Å². The van der Waals surface area contributed by atoms with Crippen LogP contribution in [0.15, 0.2) is 6.07 Å². The smallest absolute Gasteiger partial charge is 0.416 e. The minimum Gasteiger partial charge on any atom is -0.530 e. The molecule has 0 radical (unpaired) electrons. The summed E-state index contributed by atoms with van der Waals surface area (Å²) in [6.07, 6.45) is -7.41. The molecule has 130 valence electrons. The van der Waals surface area contributed by atoms with Gasteiger partial charge in [0.2, 0.25) is 0 Å². The lowest BCUT2D eigenvalue weighted by molar-refractivity contribution is -0.242. The predicted octanol–water partition coefficient (Wildman–Crippen LogP) is 2.87.